The summed E-state index contributed by atoms with van der Waals surface area (Å²) in [6, 6.07) is 0.868. The zero-order valence-corrected chi connectivity index (χ0v) is 20.9. The van der Waals surface area contributed by atoms with Gasteiger partial charge in [-0.15, -0.1) is 0 Å². The molecule has 0 radical (unpaired) electrons. The summed E-state index contributed by atoms with van der Waals surface area (Å²) in [7, 11) is 0. The van der Waals surface area contributed by atoms with E-state index in [0.717, 1.165) is 0 Å². The summed E-state index contributed by atoms with van der Waals surface area (Å²) < 4.78 is 305. The molecule has 258 valence electrons. The molecule has 0 spiro atoms. The Hall–Kier alpha value is -3.36. The minimum atomic E-state index is -8.39. The van der Waals surface area contributed by atoms with Crippen molar-refractivity contribution >= 4 is 21.5 Å². The zero-order chi connectivity index (χ0) is 36.1. The van der Waals surface area contributed by atoms with Crippen LogP contribution >= 0.6 is 0 Å². The van der Waals surface area contributed by atoms with E-state index in [1.807, 2.05) is 0 Å². The van der Waals surface area contributed by atoms with Gasteiger partial charge in [0.25, 0.3) is 0 Å². The van der Waals surface area contributed by atoms with Crippen molar-refractivity contribution < 1.29 is 96.6 Å². The summed E-state index contributed by atoms with van der Waals surface area (Å²) >= 11 is 0. The lowest BCUT2D eigenvalue weighted by molar-refractivity contribution is -0.441. The number of alkyl halides is 22. The Labute approximate surface area is 238 Å². The van der Waals surface area contributed by atoms with Crippen molar-refractivity contribution in [2.24, 2.45) is 0 Å². The Morgan fingerprint density at radius 1 is 0.261 bits per heavy atom. The molecule has 0 bridgehead atoms. The maximum absolute atomic E-state index is 15.4. The van der Waals surface area contributed by atoms with Gasteiger partial charge < -0.3 is 0 Å². The van der Waals surface area contributed by atoms with Crippen molar-refractivity contribution in [2.75, 3.05) is 0 Å². The van der Waals surface area contributed by atoms with E-state index < -0.39 is 92.4 Å². The Morgan fingerprint density at radius 3 is 0.696 bits per heavy atom. The van der Waals surface area contributed by atoms with Crippen molar-refractivity contribution in [2.45, 2.75) is 59.7 Å². The molecule has 0 unspecified atom stereocenters. The van der Waals surface area contributed by atoms with E-state index in [0.29, 0.717) is 24.3 Å². The van der Waals surface area contributed by atoms with Crippen LogP contribution in [0.5, 0.6) is 0 Å². The fourth-order valence-corrected chi connectivity index (χ4v) is 4.26. The lowest BCUT2D eigenvalue weighted by atomic mass is 9.81. The monoisotopic (exact) mass is 714 g/mol. The molecule has 0 nitrogen and oxygen atoms in total. The first-order valence-corrected chi connectivity index (χ1v) is 11.3. The third-order valence-corrected chi connectivity index (χ3v) is 6.64. The lowest BCUT2D eigenvalue weighted by Gasteiger charge is -2.40. The summed E-state index contributed by atoms with van der Waals surface area (Å²) in [5.41, 5.74) is -5.67. The Balaban J connectivity index is 2.53. The minimum absolute atomic E-state index is 0.102. The smallest absolute Gasteiger partial charge is 0.194 e. The fourth-order valence-electron chi connectivity index (χ4n) is 4.26. The quantitative estimate of drug-likeness (QED) is 0.161. The van der Waals surface area contributed by atoms with Gasteiger partial charge in [0, 0.05) is 11.1 Å². The van der Waals surface area contributed by atoms with Gasteiger partial charge in [0.2, 0.25) is 0 Å². The fraction of sp³-hybridized carbons (Fsp3) is 0.417. The normalized spacial score (nSPS) is 15.6. The van der Waals surface area contributed by atoms with Gasteiger partial charge in [0.1, 0.15) is 0 Å². The molecule has 0 heterocycles. The standard InChI is InChI=1S/C24H8F22/c25-15(26,17(29,30)19(33,34)20(35,36)22(39,40)24(44,45)46)13-9-5-1-3-7-11(9)14(12-8-4-2-6-10(12)13)16(27,28)18(31,32)21(37,38)23(41,42)43/h1-8H. The average Bonchev–Trinajstić information content (AvgIpc) is 2.89. The third kappa shape index (κ3) is 4.54. The van der Waals surface area contributed by atoms with E-state index in [2.05, 4.69) is 0 Å². The highest BCUT2D eigenvalue weighted by Crippen LogP contribution is 2.64. The van der Waals surface area contributed by atoms with Crippen LogP contribution < -0.4 is 0 Å². The van der Waals surface area contributed by atoms with Crippen molar-refractivity contribution in [3.8, 4) is 0 Å². The van der Waals surface area contributed by atoms with Crippen LogP contribution in [0.3, 0.4) is 0 Å². The largest absolute Gasteiger partial charge is 0.460 e. The molecule has 3 aromatic rings. The highest BCUT2D eigenvalue weighted by molar-refractivity contribution is 6.07. The maximum atomic E-state index is 15.4. The summed E-state index contributed by atoms with van der Waals surface area (Å²) in [4.78, 5) is 0. The van der Waals surface area contributed by atoms with Crippen molar-refractivity contribution in [3.63, 3.8) is 0 Å². The van der Waals surface area contributed by atoms with Gasteiger partial charge in [0.05, 0.1) is 0 Å². The zero-order valence-electron chi connectivity index (χ0n) is 20.9. The molecule has 0 saturated carbocycles. The molecule has 0 saturated heterocycles. The van der Waals surface area contributed by atoms with Gasteiger partial charge in [-0.05, 0) is 21.5 Å². The van der Waals surface area contributed by atoms with E-state index in [1.54, 1.807) is 0 Å². The van der Waals surface area contributed by atoms with Gasteiger partial charge in [-0.25, -0.2) is 0 Å². The summed E-state index contributed by atoms with van der Waals surface area (Å²) in [5, 5.41) is -8.48. The van der Waals surface area contributed by atoms with Crippen LogP contribution in [0.25, 0.3) is 21.5 Å². The molecule has 0 fully saturated rings. The minimum Gasteiger partial charge on any atom is -0.194 e. The van der Waals surface area contributed by atoms with Gasteiger partial charge in [-0.2, -0.15) is 96.6 Å². The van der Waals surface area contributed by atoms with Crippen LogP contribution in [0.1, 0.15) is 11.1 Å². The van der Waals surface area contributed by atoms with Crippen LogP contribution in [0.2, 0.25) is 0 Å². The number of rotatable bonds is 8. The molecule has 3 aromatic carbocycles. The van der Waals surface area contributed by atoms with E-state index >= 15 is 17.6 Å². The molecule has 0 aliphatic heterocycles. The molecule has 46 heavy (non-hydrogen) atoms. The van der Waals surface area contributed by atoms with E-state index in [-0.39, 0.29) is 24.3 Å². The van der Waals surface area contributed by atoms with Crippen LogP contribution in [0, 0.1) is 0 Å². The van der Waals surface area contributed by atoms with Gasteiger partial charge in [-0.3, -0.25) is 0 Å². The molecule has 22 heteroatoms. The van der Waals surface area contributed by atoms with E-state index in [1.165, 1.54) is 0 Å². The predicted octanol–water partition coefficient (Wildman–Crippen LogP) is 11.1. The van der Waals surface area contributed by atoms with Crippen LogP contribution in [-0.2, 0) is 11.8 Å². The topological polar surface area (TPSA) is 0 Å². The molecular weight excluding hydrogens is 706 g/mol. The average molecular weight is 714 g/mol. The van der Waals surface area contributed by atoms with Crippen LogP contribution in [0.4, 0.5) is 96.6 Å². The molecule has 3 rings (SSSR count). The van der Waals surface area contributed by atoms with Gasteiger partial charge >= 0.3 is 59.7 Å². The van der Waals surface area contributed by atoms with Gasteiger partial charge in [0.15, 0.2) is 0 Å². The van der Waals surface area contributed by atoms with Crippen LogP contribution in [-0.4, -0.2) is 47.9 Å². The van der Waals surface area contributed by atoms with Gasteiger partial charge in [-0.1, -0.05) is 48.5 Å². The molecular formula is C24H8F22. The summed E-state index contributed by atoms with van der Waals surface area (Å²) in [6.07, 6.45) is -15.2. The van der Waals surface area contributed by atoms with Crippen LogP contribution in [0.15, 0.2) is 48.5 Å². The molecule has 0 N–H and O–H groups in total. The Kier molecular flexibility index (Phi) is 8.12. The second-order valence-electron chi connectivity index (χ2n) is 9.43. The number of hydrogen-bond acceptors (Lipinski definition) is 0. The Morgan fingerprint density at radius 2 is 0.457 bits per heavy atom. The second-order valence-corrected chi connectivity index (χ2v) is 9.43. The van der Waals surface area contributed by atoms with E-state index in [9.17, 15) is 79.0 Å². The number of benzene rings is 3. The van der Waals surface area contributed by atoms with Crippen molar-refractivity contribution in [1.29, 1.82) is 0 Å². The first-order chi connectivity index (χ1) is 20.2. The van der Waals surface area contributed by atoms with Crippen molar-refractivity contribution in [3.05, 3.63) is 59.7 Å². The number of hydrogen-bond donors (Lipinski definition) is 0. The molecule has 0 aliphatic rings. The highest BCUT2D eigenvalue weighted by atomic mass is 19.4. The SMILES string of the molecule is FC(F)(F)C(F)(F)C(F)(F)C(F)(F)c1c2ccccc2c(C(F)(F)C(F)(F)C(F)(F)C(F)(F)C(F)(F)C(F)(F)F)c2ccccc12. The summed E-state index contributed by atoms with van der Waals surface area (Å²) in [5.74, 6) is -62.2. The Bertz CT molecular complexity index is 1570. The lowest BCUT2D eigenvalue weighted by Crippen LogP contribution is -2.69. The number of halogens is 22. The predicted molar refractivity (Wildman–Crippen MR) is 111 cm³/mol. The maximum Gasteiger partial charge on any atom is 0.460 e. The third-order valence-electron chi connectivity index (χ3n) is 6.64. The number of fused-ring (bicyclic) bond motifs is 2. The molecule has 0 amide bonds. The highest BCUT2D eigenvalue weighted by Gasteiger charge is 2.91. The molecule has 0 atom stereocenters. The summed E-state index contributed by atoms with van der Waals surface area (Å²) in [6.45, 7) is 0. The van der Waals surface area contributed by atoms with Crippen molar-refractivity contribution in [1.82, 2.24) is 0 Å². The first-order valence-electron chi connectivity index (χ1n) is 11.3. The molecule has 0 aliphatic carbocycles. The molecule has 0 aromatic heterocycles. The first kappa shape index (κ1) is 37.1. The second kappa shape index (κ2) is 10.1. The van der Waals surface area contributed by atoms with E-state index in [4.69, 9.17) is 0 Å².